The number of carbonyl (C=O) groups excluding carboxylic acids is 2. The van der Waals surface area contributed by atoms with Gasteiger partial charge in [0.1, 0.15) is 0 Å². The Hall–Kier alpha value is -3.16. The molecule has 1 aliphatic rings. The van der Waals surface area contributed by atoms with E-state index in [1.807, 2.05) is 13.8 Å². The van der Waals surface area contributed by atoms with E-state index in [0.29, 0.717) is 29.8 Å². The van der Waals surface area contributed by atoms with Crippen LogP contribution in [0.1, 0.15) is 38.2 Å². The van der Waals surface area contributed by atoms with Crippen LogP contribution >= 0.6 is 0 Å². The Kier molecular flexibility index (Phi) is 6.33. The lowest BCUT2D eigenvalue weighted by Crippen LogP contribution is -2.33. The van der Waals surface area contributed by atoms with Crippen molar-refractivity contribution in [2.75, 3.05) is 14.2 Å². The molecule has 0 saturated carbocycles. The van der Waals surface area contributed by atoms with Gasteiger partial charge < -0.3 is 14.8 Å². The van der Waals surface area contributed by atoms with Crippen molar-refractivity contribution in [3.63, 3.8) is 0 Å². The summed E-state index contributed by atoms with van der Waals surface area (Å²) in [6, 6.07) is 5.89. The first-order chi connectivity index (χ1) is 12.9. The minimum atomic E-state index is -0.823. The molecule has 0 aromatic heterocycles. The van der Waals surface area contributed by atoms with Crippen molar-refractivity contribution in [3.05, 3.63) is 62.5 Å². The van der Waals surface area contributed by atoms with Crippen LogP contribution in [0.25, 0.3) is 0 Å². The fraction of sp³-hybridized carbons (Fsp3) is 0.368. The van der Waals surface area contributed by atoms with Crippen LogP contribution in [0.3, 0.4) is 0 Å². The van der Waals surface area contributed by atoms with Crippen LogP contribution in [-0.2, 0) is 19.1 Å². The van der Waals surface area contributed by atoms with Gasteiger partial charge in [0.05, 0.1) is 36.2 Å². The summed E-state index contributed by atoms with van der Waals surface area (Å²) in [5.74, 6) is -2.03. The second-order valence-corrected chi connectivity index (χ2v) is 5.88. The van der Waals surface area contributed by atoms with Gasteiger partial charge in [0.2, 0.25) is 0 Å². The van der Waals surface area contributed by atoms with E-state index < -0.39 is 22.8 Å². The molecule has 1 N–H and O–H groups in total. The molecule has 0 saturated heterocycles. The van der Waals surface area contributed by atoms with Crippen molar-refractivity contribution >= 4 is 17.6 Å². The summed E-state index contributed by atoms with van der Waals surface area (Å²) < 4.78 is 9.87. The van der Waals surface area contributed by atoms with Gasteiger partial charge in [-0.3, -0.25) is 10.1 Å². The number of ether oxygens (including phenoxy) is 2. The molecule has 0 bridgehead atoms. The van der Waals surface area contributed by atoms with Gasteiger partial charge in [0, 0.05) is 23.5 Å². The maximum Gasteiger partial charge on any atom is 0.336 e. The molecule has 1 heterocycles. The smallest absolute Gasteiger partial charge is 0.336 e. The van der Waals surface area contributed by atoms with Crippen molar-refractivity contribution in [1.82, 2.24) is 5.32 Å². The van der Waals surface area contributed by atoms with Gasteiger partial charge >= 0.3 is 11.9 Å². The summed E-state index contributed by atoms with van der Waals surface area (Å²) in [6.07, 6.45) is 0.988. The van der Waals surface area contributed by atoms with Gasteiger partial charge in [-0.15, -0.1) is 0 Å². The largest absolute Gasteiger partial charge is 0.466 e. The third kappa shape index (κ3) is 3.84. The first-order valence-electron chi connectivity index (χ1n) is 8.53. The Morgan fingerprint density at radius 2 is 1.59 bits per heavy atom. The molecule has 0 amide bonds. The number of benzene rings is 1. The van der Waals surface area contributed by atoms with Crippen molar-refractivity contribution < 1.29 is 24.0 Å². The van der Waals surface area contributed by atoms with E-state index in [9.17, 15) is 19.7 Å². The quantitative estimate of drug-likeness (QED) is 0.463. The van der Waals surface area contributed by atoms with Crippen LogP contribution in [0.2, 0.25) is 0 Å². The standard InChI is InChI=1S/C19H22N2O6/c1-5-13-16(18(22)26-3)15(11-8-7-9-12(10-11)21(24)25)17(19(23)27-4)14(6-2)20-13/h7-10,15,20H,5-6H2,1-4H3. The van der Waals surface area contributed by atoms with Crippen molar-refractivity contribution in [2.45, 2.75) is 32.6 Å². The molecular weight excluding hydrogens is 352 g/mol. The number of nitro benzene ring substituents is 1. The number of nitro groups is 1. The SMILES string of the molecule is CCC1=C(C(=O)OC)C(c2cccc([N+](=O)[O-])c2)C(C(=O)OC)=C(CC)N1. The van der Waals surface area contributed by atoms with E-state index in [-0.39, 0.29) is 16.8 Å². The van der Waals surface area contributed by atoms with Crippen LogP contribution < -0.4 is 5.32 Å². The lowest BCUT2D eigenvalue weighted by atomic mass is 9.79. The number of carbonyl (C=O) groups is 2. The molecule has 1 aromatic rings. The van der Waals surface area contributed by atoms with Crippen molar-refractivity contribution in [2.24, 2.45) is 0 Å². The monoisotopic (exact) mass is 374 g/mol. The number of nitrogens with one attached hydrogen (secondary N) is 1. The highest BCUT2D eigenvalue weighted by Crippen LogP contribution is 2.41. The van der Waals surface area contributed by atoms with Gasteiger partial charge in [-0.05, 0) is 18.4 Å². The number of allylic oxidation sites excluding steroid dienone is 2. The molecule has 144 valence electrons. The lowest BCUT2D eigenvalue weighted by molar-refractivity contribution is -0.384. The van der Waals surface area contributed by atoms with E-state index in [2.05, 4.69) is 5.32 Å². The highest BCUT2D eigenvalue weighted by molar-refractivity contribution is 6.00. The minimum Gasteiger partial charge on any atom is -0.466 e. The Balaban J connectivity index is 2.80. The summed E-state index contributed by atoms with van der Waals surface area (Å²) >= 11 is 0. The second-order valence-electron chi connectivity index (χ2n) is 5.88. The maximum absolute atomic E-state index is 12.6. The third-order valence-electron chi connectivity index (χ3n) is 4.46. The highest BCUT2D eigenvalue weighted by Gasteiger charge is 2.39. The molecule has 0 fully saturated rings. The molecule has 1 aromatic carbocycles. The van der Waals surface area contributed by atoms with E-state index in [1.54, 1.807) is 6.07 Å². The number of rotatable bonds is 6. The Morgan fingerprint density at radius 3 is 2.00 bits per heavy atom. The Bertz CT molecular complexity index is 800. The van der Waals surface area contributed by atoms with Crippen LogP contribution in [0, 0.1) is 10.1 Å². The average molecular weight is 374 g/mol. The van der Waals surface area contributed by atoms with Gasteiger partial charge in [-0.2, -0.15) is 0 Å². The third-order valence-corrected chi connectivity index (χ3v) is 4.46. The predicted octanol–water partition coefficient (Wildman–Crippen LogP) is 2.96. The van der Waals surface area contributed by atoms with E-state index in [1.165, 1.54) is 32.4 Å². The zero-order chi connectivity index (χ0) is 20.1. The summed E-state index contributed by atoms with van der Waals surface area (Å²) in [7, 11) is 2.51. The molecule has 2 rings (SSSR count). The Morgan fingerprint density at radius 1 is 1.07 bits per heavy atom. The number of methoxy groups -OCH3 is 2. The van der Waals surface area contributed by atoms with Crippen LogP contribution in [0.4, 0.5) is 5.69 Å². The zero-order valence-corrected chi connectivity index (χ0v) is 15.7. The Labute approximate surface area is 157 Å². The average Bonchev–Trinajstić information content (AvgIpc) is 2.70. The minimum absolute atomic E-state index is 0.129. The fourth-order valence-electron chi connectivity index (χ4n) is 3.22. The summed E-state index contributed by atoms with van der Waals surface area (Å²) in [4.78, 5) is 35.8. The van der Waals surface area contributed by atoms with Crippen LogP contribution in [0.15, 0.2) is 46.8 Å². The van der Waals surface area contributed by atoms with Crippen molar-refractivity contribution in [1.29, 1.82) is 0 Å². The number of non-ortho nitro benzene ring substituents is 1. The van der Waals surface area contributed by atoms with E-state index >= 15 is 0 Å². The molecule has 0 unspecified atom stereocenters. The van der Waals surface area contributed by atoms with Crippen LogP contribution in [0.5, 0.6) is 0 Å². The number of nitrogens with zero attached hydrogens (tertiary/aromatic N) is 1. The number of hydrogen-bond acceptors (Lipinski definition) is 7. The molecule has 0 atom stereocenters. The fourth-order valence-corrected chi connectivity index (χ4v) is 3.22. The van der Waals surface area contributed by atoms with Gasteiger partial charge in [-0.1, -0.05) is 26.0 Å². The normalized spacial score (nSPS) is 14.7. The first-order valence-corrected chi connectivity index (χ1v) is 8.53. The predicted molar refractivity (Wildman–Crippen MR) is 97.6 cm³/mol. The number of esters is 2. The van der Waals surface area contributed by atoms with Gasteiger partial charge in [0.15, 0.2) is 0 Å². The molecular formula is C19H22N2O6. The molecule has 0 spiro atoms. The molecule has 8 nitrogen and oxygen atoms in total. The summed E-state index contributed by atoms with van der Waals surface area (Å²) in [5, 5.41) is 14.4. The maximum atomic E-state index is 12.6. The number of dihydropyridines is 1. The van der Waals surface area contributed by atoms with E-state index in [0.717, 1.165) is 0 Å². The first kappa shape index (κ1) is 20.2. The zero-order valence-electron chi connectivity index (χ0n) is 15.7. The molecule has 8 heteroatoms. The van der Waals surface area contributed by atoms with E-state index in [4.69, 9.17) is 9.47 Å². The topological polar surface area (TPSA) is 108 Å². The second kappa shape index (κ2) is 8.48. The van der Waals surface area contributed by atoms with Crippen LogP contribution in [-0.4, -0.2) is 31.1 Å². The number of hydrogen-bond donors (Lipinski definition) is 1. The summed E-state index contributed by atoms with van der Waals surface area (Å²) in [5.41, 5.74) is 2.04. The van der Waals surface area contributed by atoms with Gasteiger partial charge in [-0.25, -0.2) is 9.59 Å². The van der Waals surface area contributed by atoms with Gasteiger partial charge in [0.25, 0.3) is 5.69 Å². The summed E-state index contributed by atoms with van der Waals surface area (Å²) in [6.45, 7) is 3.73. The highest BCUT2D eigenvalue weighted by atomic mass is 16.6. The molecule has 0 radical (unpaired) electrons. The lowest BCUT2D eigenvalue weighted by Gasteiger charge is -2.31. The molecule has 1 aliphatic heterocycles. The molecule has 0 aliphatic carbocycles. The van der Waals surface area contributed by atoms with Crippen molar-refractivity contribution in [3.8, 4) is 0 Å². The molecule has 27 heavy (non-hydrogen) atoms.